The second kappa shape index (κ2) is 10.5. The minimum Gasteiger partial charge on any atom is -0.491 e. The molecule has 4 atom stereocenters. The highest BCUT2D eigenvalue weighted by Gasteiger charge is 2.38. The van der Waals surface area contributed by atoms with Gasteiger partial charge in [-0.2, -0.15) is 0 Å². The molecule has 0 radical (unpaired) electrons. The third-order valence-corrected chi connectivity index (χ3v) is 6.94. The number of rotatable bonds is 8. The van der Waals surface area contributed by atoms with Gasteiger partial charge >= 0.3 is 0 Å². The number of halogens is 1. The minimum absolute atomic E-state index is 0.00834. The summed E-state index contributed by atoms with van der Waals surface area (Å²) in [6.45, 7) is 8.68. The van der Waals surface area contributed by atoms with Crippen LogP contribution < -0.4 is 9.64 Å². The molecule has 4 unspecified atom stereocenters. The van der Waals surface area contributed by atoms with Gasteiger partial charge in [-0.05, 0) is 74.5 Å². The number of likely N-dealkylation sites (tertiary alicyclic amines) is 1. The Morgan fingerprint density at radius 1 is 1.12 bits per heavy atom. The summed E-state index contributed by atoms with van der Waals surface area (Å²) in [4.78, 5) is 4.56. The van der Waals surface area contributed by atoms with Gasteiger partial charge in [-0.25, -0.2) is 4.39 Å². The zero-order valence-electron chi connectivity index (χ0n) is 19.0. The Labute approximate surface area is 191 Å². The number of allylic oxidation sites excluding steroid dienone is 1. The van der Waals surface area contributed by atoms with E-state index in [4.69, 9.17) is 4.74 Å². The fourth-order valence-corrected chi connectivity index (χ4v) is 5.05. The Hall–Kier alpha value is -2.37. The van der Waals surface area contributed by atoms with Gasteiger partial charge in [-0.1, -0.05) is 37.3 Å². The van der Waals surface area contributed by atoms with Crippen molar-refractivity contribution < 1.29 is 14.2 Å². The molecule has 1 fully saturated rings. The van der Waals surface area contributed by atoms with Crippen LogP contribution in [0.1, 0.15) is 50.6 Å². The number of fused-ring (bicyclic) bond motifs is 1. The molecule has 2 aromatic carbocycles. The maximum Gasteiger partial charge on any atom is 0.143 e. The number of para-hydroxylation sites is 2. The highest BCUT2D eigenvalue weighted by atomic mass is 19.1. The van der Waals surface area contributed by atoms with E-state index in [-0.39, 0.29) is 17.9 Å². The van der Waals surface area contributed by atoms with Crippen molar-refractivity contribution in [2.24, 2.45) is 5.92 Å². The molecule has 2 heterocycles. The van der Waals surface area contributed by atoms with E-state index in [1.807, 2.05) is 42.5 Å². The predicted molar refractivity (Wildman–Crippen MR) is 127 cm³/mol. The van der Waals surface area contributed by atoms with Crippen molar-refractivity contribution >= 4 is 5.69 Å². The molecule has 2 aliphatic heterocycles. The Kier molecular flexibility index (Phi) is 7.48. The molecule has 5 heteroatoms. The molecule has 1 saturated heterocycles. The zero-order chi connectivity index (χ0) is 22.5. The maximum atomic E-state index is 13.7. The summed E-state index contributed by atoms with van der Waals surface area (Å²) in [5, 5.41) is 12.0. The first-order valence-corrected chi connectivity index (χ1v) is 11.9. The number of anilines is 1. The van der Waals surface area contributed by atoms with Crippen molar-refractivity contribution in [1.82, 2.24) is 4.90 Å². The summed E-state index contributed by atoms with van der Waals surface area (Å²) in [6, 6.07) is 14.5. The van der Waals surface area contributed by atoms with E-state index in [1.54, 1.807) is 0 Å². The second-order valence-electron chi connectivity index (χ2n) is 9.09. The molecule has 172 valence electrons. The molecule has 0 spiro atoms. The van der Waals surface area contributed by atoms with E-state index in [2.05, 4.69) is 23.3 Å². The van der Waals surface area contributed by atoms with Gasteiger partial charge in [-0.15, -0.1) is 6.58 Å². The van der Waals surface area contributed by atoms with Crippen LogP contribution >= 0.6 is 0 Å². The lowest BCUT2D eigenvalue weighted by Crippen LogP contribution is -2.52. The monoisotopic (exact) mass is 438 g/mol. The van der Waals surface area contributed by atoms with Gasteiger partial charge in [0, 0.05) is 6.42 Å². The van der Waals surface area contributed by atoms with Crippen LogP contribution in [0.2, 0.25) is 0 Å². The molecule has 2 aliphatic rings. The fourth-order valence-electron chi connectivity index (χ4n) is 5.05. The van der Waals surface area contributed by atoms with Crippen LogP contribution in [0.4, 0.5) is 10.1 Å². The number of aliphatic hydroxyl groups is 1. The number of aliphatic hydroxyl groups excluding tert-OH is 1. The van der Waals surface area contributed by atoms with E-state index in [1.165, 1.54) is 25.0 Å². The van der Waals surface area contributed by atoms with Crippen molar-refractivity contribution in [1.29, 1.82) is 0 Å². The number of nitrogens with zero attached hydrogens (tertiary/aromatic N) is 2. The molecule has 0 bridgehead atoms. The molecular weight excluding hydrogens is 403 g/mol. The molecule has 0 aliphatic carbocycles. The summed E-state index contributed by atoms with van der Waals surface area (Å²) >= 11 is 0. The van der Waals surface area contributed by atoms with Gasteiger partial charge in [0.1, 0.15) is 17.8 Å². The van der Waals surface area contributed by atoms with Crippen molar-refractivity contribution in [3.05, 3.63) is 72.6 Å². The molecule has 0 aromatic heterocycles. The topological polar surface area (TPSA) is 35.9 Å². The first-order chi connectivity index (χ1) is 15.6. The Balaban J connectivity index is 1.72. The minimum atomic E-state index is -0.706. The van der Waals surface area contributed by atoms with Gasteiger partial charge in [0.05, 0.1) is 24.4 Å². The standard InChI is InChI=1S/C27H35FN2O2/c1-3-20(2)10-15-25(29-17-6-7-18-29)27(31)30-23(21-11-13-22(28)14-12-21)16-19-32-26-9-5-4-8-24(26)30/h3-5,8-9,11-14,20,23,25,27,31H,1,6-7,10,15-19H2,2H3. The third kappa shape index (κ3) is 5.00. The lowest BCUT2D eigenvalue weighted by atomic mass is 9.96. The summed E-state index contributed by atoms with van der Waals surface area (Å²) in [6.07, 6.45) is 6.21. The zero-order valence-corrected chi connectivity index (χ0v) is 19.0. The highest BCUT2D eigenvalue weighted by Crippen LogP contribution is 2.41. The molecule has 4 nitrogen and oxygen atoms in total. The fraction of sp³-hybridized carbons (Fsp3) is 0.481. The van der Waals surface area contributed by atoms with E-state index in [0.29, 0.717) is 18.9 Å². The third-order valence-electron chi connectivity index (χ3n) is 6.94. The van der Waals surface area contributed by atoms with Crippen molar-refractivity contribution in [2.75, 3.05) is 24.6 Å². The maximum absolute atomic E-state index is 13.7. The smallest absolute Gasteiger partial charge is 0.143 e. The van der Waals surface area contributed by atoms with Crippen LogP contribution in [-0.4, -0.2) is 42.0 Å². The van der Waals surface area contributed by atoms with E-state index in [0.717, 1.165) is 42.9 Å². The Morgan fingerprint density at radius 3 is 2.56 bits per heavy atom. The van der Waals surface area contributed by atoms with Crippen LogP contribution in [0.5, 0.6) is 5.75 Å². The van der Waals surface area contributed by atoms with Crippen LogP contribution in [-0.2, 0) is 0 Å². The van der Waals surface area contributed by atoms with Crippen molar-refractivity contribution in [2.45, 2.75) is 57.3 Å². The van der Waals surface area contributed by atoms with Gasteiger partial charge < -0.3 is 14.7 Å². The van der Waals surface area contributed by atoms with Crippen LogP contribution in [0.3, 0.4) is 0 Å². The SMILES string of the molecule is C=CC(C)CCC(C(O)N1c2ccccc2OCCC1c1ccc(F)cc1)N1CCCC1. The van der Waals surface area contributed by atoms with E-state index >= 15 is 0 Å². The van der Waals surface area contributed by atoms with Crippen molar-refractivity contribution in [3.8, 4) is 5.75 Å². The number of hydrogen-bond acceptors (Lipinski definition) is 4. The predicted octanol–water partition coefficient (Wildman–Crippen LogP) is 5.54. The van der Waals surface area contributed by atoms with Crippen LogP contribution in [0, 0.1) is 11.7 Å². The van der Waals surface area contributed by atoms with E-state index in [9.17, 15) is 9.50 Å². The molecule has 0 saturated carbocycles. The van der Waals surface area contributed by atoms with E-state index < -0.39 is 6.23 Å². The van der Waals surface area contributed by atoms with Gasteiger partial charge in [0.15, 0.2) is 0 Å². The average Bonchev–Trinajstić information content (AvgIpc) is 3.27. The lowest BCUT2D eigenvalue weighted by molar-refractivity contribution is 0.0453. The Morgan fingerprint density at radius 2 is 1.84 bits per heavy atom. The number of benzene rings is 2. The first kappa shape index (κ1) is 22.8. The highest BCUT2D eigenvalue weighted by molar-refractivity contribution is 5.61. The molecule has 32 heavy (non-hydrogen) atoms. The molecule has 1 N–H and O–H groups in total. The molecule has 0 amide bonds. The van der Waals surface area contributed by atoms with Gasteiger partial charge in [0.2, 0.25) is 0 Å². The summed E-state index contributed by atoms with van der Waals surface area (Å²) in [5.41, 5.74) is 1.89. The average molecular weight is 439 g/mol. The lowest BCUT2D eigenvalue weighted by Gasteiger charge is -2.43. The summed E-state index contributed by atoms with van der Waals surface area (Å²) in [7, 11) is 0. The Bertz CT molecular complexity index is 881. The van der Waals surface area contributed by atoms with Crippen molar-refractivity contribution in [3.63, 3.8) is 0 Å². The number of hydrogen-bond donors (Lipinski definition) is 1. The summed E-state index contributed by atoms with van der Waals surface area (Å²) in [5.74, 6) is 0.940. The number of ether oxygens (including phenoxy) is 1. The largest absolute Gasteiger partial charge is 0.491 e. The molecule has 4 rings (SSSR count). The van der Waals surface area contributed by atoms with Crippen LogP contribution in [0.25, 0.3) is 0 Å². The van der Waals surface area contributed by atoms with Crippen LogP contribution in [0.15, 0.2) is 61.2 Å². The van der Waals surface area contributed by atoms with Gasteiger partial charge in [-0.3, -0.25) is 4.90 Å². The normalized spacial score (nSPS) is 21.8. The summed E-state index contributed by atoms with van der Waals surface area (Å²) < 4.78 is 19.7. The quantitative estimate of drug-likeness (QED) is 0.549. The molecular formula is C27H35FN2O2. The van der Waals surface area contributed by atoms with Gasteiger partial charge in [0.25, 0.3) is 0 Å². The second-order valence-corrected chi connectivity index (χ2v) is 9.09. The molecule has 2 aromatic rings. The first-order valence-electron chi connectivity index (χ1n) is 11.9.